The summed E-state index contributed by atoms with van der Waals surface area (Å²) in [5, 5.41) is 16.9. The molecule has 0 aliphatic rings. The Kier molecular flexibility index (Phi) is 2.26. The van der Waals surface area contributed by atoms with E-state index in [9.17, 15) is 4.79 Å². The first-order valence-electron chi connectivity index (χ1n) is 2.94. The van der Waals surface area contributed by atoms with Crippen molar-refractivity contribution < 1.29 is 9.90 Å². The molecule has 1 heterocycles. The van der Waals surface area contributed by atoms with Crippen LogP contribution in [0.5, 0.6) is 0 Å². The van der Waals surface area contributed by atoms with Crippen LogP contribution in [-0.4, -0.2) is 16.1 Å². The third kappa shape index (κ3) is 1.71. The summed E-state index contributed by atoms with van der Waals surface area (Å²) in [5.41, 5.74) is -0.0357. The molecule has 0 unspecified atom stereocenters. The summed E-state index contributed by atoms with van der Waals surface area (Å²) in [6.07, 6.45) is 0. The Bertz CT molecular complexity index is 370. The fourth-order valence-electron chi connectivity index (χ4n) is 0.671. The van der Waals surface area contributed by atoms with Gasteiger partial charge in [-0.25, -0.2) is 9.78 Å². The lowest BCUT2D eigenvalue weighted by Crippen LogP contribution is -2.00. The van der Waals surface area contributed by atoms with E-state index >= 15 is 0 Å². The van der Waals surface area contributed by atoms with Gasteiger partial charge in [0, 0.05) is 0 Å². The van der Waals surface area contributed by atoms with Crippen LogP contribution in [0.1, 0.15) is 16.1 Å². The molecular weight excluding hydrogens is 180 g/mol. The lowest BCUT2D eigenvalue weighted by Gasteiger charge is -1.94. The molecule has 0 spiro atoms. The fourth-order valence-corrected chi connectivity index (χ4v) is 0.880. The Morgan fingerprint density at radius 3 is 2.83 bits per heavy atom. The van der Waals surface area contributed by atoms with Gasteiger partial charge < -0.3 is 5.11 Å². The third-order valence-electron chi connectivity index (χ3n) is 1.14. The lowest BCUT2D eigenvalue weighted by molar-refractivity contribution is 0.0690. The van der Waals surface area contributed by atoms with E-state index in [2.05, 4.69) is 4.98 Å². The number of nitriles is 1. The molecule has 0 radical (unpaired) electrons. The smallest absolute Gasteiger partial charge is 0.354 e. The number of rotatable bonds is 1. The lowest BCUT2D eigenvalue weighted by atomic mass is 10.2. The largest absolute Gasteiger partial charge is 0.477 e. The van der Waals surface area contributed by atoms with Crippen molar-refractivity contribution in [1.29, 1.82) is 5.26 Å². The second-order valence-electron chi connectivity index (χ2n) is 1.98. The van der Waals surface area contributed by atoms with Crippen molar-refractivity contribution in [2.75, 3.05) is 0 Å². The Labute approximate surface area is 73.0 Å². The van der Waals surface area contributed by atoms with Gasteiger partial charge in [0.25, 0.3) is 0 Å². The van der Waals surface area contributed by atoms with Gasteiger partial charge in [-0.05, 0) is 12.1 Å². The minimum atomic E-state index is -1.20. The van der Waals surface area contributed by atoms with Gasteiger partial charge in [0.15, 0.2) is 5.69 Å². The first-order chi connectivity index (χ1) is 5.63. The maximum Gasteiger partial charge on any atom is 0.354 e. The Morgan fingerprint density at radius 2 is 2.33 bits per heavy atom. The summed E-state index contributed by atoms with van der Waals surface area (Å²) in [4.78, 5) is 13.9. The van der Waals surface area contributed by atoms with Gasteiger partial charge >= 0.3 is 5.97 Å². The molecule has 60 valence electrons. The fraction of sp³-hybridized carbons (Fsp3) is 0. The zero-order valence-electron chi connectivity index (χ0n) is 5.78. The number of hydrogen-bond acceptors (Lipinski definition) is 3. The molecule has 0 amide bonds. The first-order valence-corrected chi connectivity index (χ1v) is 3.32. The summed E-state index contributed by atoms with van der Waals surface area (Å²) in [6.45, 7) is 0. The summed E-state index contributed by atoms with van der Waals surface area (Å²) in [6, 6.07) is 4.24. The van der Waals surface area contributed by atoms with Crippen molar-refractivity contribution >= 4 is 17.6 Å². The SMILES string of the molecule is N#Cc1cc(Cl)nc(C(=O)O)c1. The highest BCUT2D eigenvalue weighted by molar-refractivity contribution is 6.29. The molecule has 5 heteroatoms. The number of carbonyl (C=O) groups is 1. The van der Waals surface area contributed by atoms with E-state index in [4.69, 9.17) is 22.0 Å². The standard InChI is InChI=1S/C7H3ClN2O2/c8-6-2-4(3-9)1-5(10-6)7(11)12/h1-2H,(H,11,12). The van der Waals surface area contributed by atoms with E-state index < -0.39 is 5.97 Å². The maximum atomic E-state index is 10.4. The predicted octanol–water partition coefficient (Wildman–Crippen LogP) is 1.30. The predicted molar refractivity (Wildman–Crippen MR) is 40.9 cm³/mol. The Morgan fingerprint density at radius 1 is 1.67 bits per heavy atom. The number of carboxylic acids is 1. The molecule has 1 aromatic heterocycles. The van der Waals surface area contributed by atoms with E-state index in [-0.39, 0.29) is 16.4 Å². The number of hydrogen-bond donors (Lipinski definition) is 1. The van der Waals surface area contributed by atoms with E-state index in [1.54, 1.807) is 6.07 Å². The number of nitrogens with zero attached hydrogens (tertiary/aromatic N) is 2. The molecule has 1 rings (SSSR count). The quantitative estimate of drug-likeness (QED) is 0.665. The van der Waals surface area contributed by atoms with Crippen molar-refractivity contribution in [1.82, 2.24) is 4.98 Å². The highest BCUT2D eigenvalue weighted by atomic mass is 35.5. The summed E-state index contributed by atoms with van der Waals surface area (Å²) >= 11 is 5.45. The van der Waals surface area contributed by atoms with Crippen LogP contribution in [0, 0.1) is 11.3 Å². The van der Waals surface area contributed by atoms with Crippen molar-refractivity contribution in [3.05, 3.63) is 28.5 Å². The zero-order chi connectivity index (χ0) is 9.14. The average molecular weight is 183 g/mol. The van der Waals surface area contributed by atoms with Gasteiger partial charge in [-0.3, -0.25) is 0 Å². The van der Waals surface area contributed by atoms with Crippen LogP contribution in [-0.2, 0) is 0 Å². The van der Waals surface area contributed by atoms with E-state index in [0.717, 1.165) is 6.07 Å². The minimum Gasteiger partial charge on any atom is -0.477 e. The normalized spacial score (nSPS) is 9.00. The van der Waals surface area contributed by atoms with E-state index in [1.165, 1.54) is 6.07 Å². The van der Waals surface area contributed by atoms with Crippen LogP contribution in [0.2, 0.25) is 5.15 Å². The molecule has 0 aromatic carbocycles. The van der Waals surface area contributed by atoms with E-state index in [1.807, 2.05) is 0 Å². The van der Waals surface area contributed by atoms with Crippen LogP contribution >= 0.6 is 11.6 Å². The first kappa shape index (κ1) is 8.50. The van der Waals surface area contributed by atoms with Crippen molar-refractivity contribution in [3.63, 3.8) is 0 Å². The van der Waals surface area contributed by atoms with Crippen molar-refractivity contribution in [3.8, 4) is 6.07 Å². The maximum absolute atomic E-state index is 10.4. The van der Waals surface area contributed by atoms with Gasteiger partial charge in [0.1, 0.15) is 5.15 Å². The van der Waals surface area contributed by atoms with Crippen LogP contribution in [0.25, 0.3) is 0 Å². The molecule has 0 saturated heterocycles. The molecule has 0 atom stereocenters. The van der Waals surface area contributed by atoms with Crippen molar-refractivity contribution in [2.24, 2.45) is 0 Å². The summed E-state index contributed by atoms with van der Waals surface area (Å²) in [7, 11) is 0. The highest BCUT2D eigenvalue weighted by Gasteiger charge is 2.06. The molecule has 0 bridgehead atoms. The van der Waals surface area contributed by atoms with Crippen LogP contribution in [0.3, 0.4) is 0 Å². The van der Waals surface area contributed by atoms with E-state index in [0.29, 0.717) is 0 Å². The molecule has 0 saturated carbocycles. The monoisotopic (exact) mass is 182 g/mol. The Hall–Kier alpha value is -1.60. The number of aromatic nitrogens is 1. The second kappa shape index (κ2) is 3.20. The van der Waals surface area contributed by atoms with Gasteiger partial charge in [0.2, 0.25) is 0 Å². The minimum absolute atomic E-state index is 0.00597. The molecular formula is C7H3ClN2O2. The van der Waals surface area contributed by atoms with Crippen LogP contribution < -0.4 is 0 Å². The zero-order valence-corrected chi connectivity index (χ0v) is 6.54. The Balaban J connectivity index is 3.26. The van der Waals surface area contributed by atoms with Gasteiger partial charge in [-0.15, -0.1) is 0 Å². The molecule has 1 N–H and O–H groups in total. The number of halogens is 1. The molecule has 0 aliphatic carbocycles. The molecule has 0 fully saturated rings. The molecule has 0 aliphatic heterocycles. The molecule has 4 nitrogen and oxygen atoms in total. The molecule has 1 aromatic rings. The van der Waals surface area contributed by atoms with Gasteiger partial charge in [0.05, 0.1) is 11.6 Å². The van der Waals surface area contributed by atoms with Crippen molar-refractivity contribution in [2.45, 2.75) is 0 Å². The molecule has 12 heavy (non-hydrogen) atoms. The average Bonchev–Trinajstić information content (AvgIpc) is 2.03. The summed E-state index contributed by atoms with van der Waals surface area (Å²) < 4.78 is 0. The van der Waals surface area contributed by atoms with Gasteiger partial charge in [-0.2, -0.15) is 5.26 Å². The third-order valence-corrected chi connectivity index (χ3v) is 1.34. The summed E-state index contributed by atoms with van der Waals surface area (Å²) in [5.74, 6) is -1.20. The number of carboxylic acid groups (broad SMARTS) is 1. The number of aromatic carboxylic acids is 1. The van der Waals surface area contributed by atoms with Gasteiger partial charge in [-0.1, -0.05) is 11.6 Å². The highest BCUT2D eigenvalue weighted by Crippen LogP contribution is 2.09. The second-order valence-corrected chi connectivity index (χ2v) is 2.37. The van der Waals surface area contributed by atoms with Crippen LogP contribution in [0.15, 0.2) is 12.1 Å². The van der Waals surface area contributed by atoms with Crippen LogP contribution in [0.4, 0.5) is 0 Å². The topological polar surface area (TPSA) is 74.0 Å². The number of pyridine rings is 1.